The maximum atomic E-state index is 8.77. The number of anilines is 4. The molecule has 2 atom stereocenters. The number of piperidine rings is 1. The highest BCUT2D eigenvalue weighted by Gasteiger charge is 2.42. The standard InChI is InChI=1S/C17H20N8/c1-25-12-2-10(3-13(25)4-12)23-15-5-16(22-8-14(15)19)24-17-9-20-11(6-18)7-21-17/h5,7-10,12-13H,2-4,19H2,1H3,(H2,21,22,23,24). The predicted octanol–water partition coefficient (Wildman–Crippen LogP) is 1.72. The molecule has 2 aliphatic heterocycles. The molecular formula is C17H20N8. The molecule has 4 heterocycles. The molecule has 8 nitrogen and oxygen atoms in total. The summed E-state index contributed by atoms with van der Waals surface area (Å²) in [5.41, 5.74) is 7.87. The van der Waals surface area contributed by atoms with E-state index in [4.69, 9.17) is 11.0 Å². The predicted molar refractivity (Wildman–Crippen MR) is 95.3 cm³/mol. The van der Waals surface area contributed by atoms with Gasteiger partial charge in [0.1, 0.15) is 17.7 Å². The fraction of sp³-hybridized carbons (Fsp3) is 0.412. The van der Waals surface area contributed by atoms with Gasteiger partial charge in [-0.25, -0.2) is 15.0 Å². The maximum absolute atomic E-state index is 8.77. The van der Waals surface area contributed by atoms with Crippen molar-refractivity contribution in [1.82, 2.24) is 19.9 Å². The van der Waals surface area contributed by atoms with Gasteiger partial charge in [-0.3, -0.25) is 0 Å². The molecule has 3 fully saturated rings. The number of nitrogen functional groups attached to an aromatic ring is 1. The number of hydrogen-bond donors (Lipinski definition) is 3. The van der Waals surface area contributed by atoms with Crippen LogP contribution < -0.4 is 16.4 Å². The first kappa shape index (κ1) is 15.6. The fourth-order valence-electron chi connectivity index (χ4n) is 3.66. The van der Waals surface area contributed by atoms with Crippen molar-refractivity contribution in [2.75, 3.05) is 23.4 Å². The van der Waals surface area contributed by atoms with Crippen molar-refractivity contribution >= 4 is 23.0 Å². The molecule has 128 valence electrons. The summed E-state index contributed by atoms with van der Waals surface area (Å²) in [4.78, 5) is 14.9. The lowest BCUT2D eigenvalue weighted by Gasteiger charge is -2.54. The van der Waals surface area contributed by atoms with Crippen LogP contribution in [0.25, 0.3) is 0 Å². The third-order valence-corrected chi connectivity index (χ3v) is 5.13. The Hall–Kier alpha value is -2.92. The van der Waals surface area contributed by atoms with E-state index >= 15 is 0 Å². The van der Waals surface area contributed by atoms with Crippen LogP contribution in [0.2, 0.25) is 0 Å². The molecule has 1 saturated carbocycles. The van der Waals surface area contributed by atoms with E-state index in [2.05, 4.69) is 37.5 Å². The molecule has 2 bridgehead atoms. The summed E-state index contributed by atoms with van der Waals surface area (Å²) in [5.74, 6) is 1.16. The van der Waals surface area contributed by atoms with E-state index in [0.717, 1.165) is 18.5 Å². The largest absolute Gasteiger partial charge is 0.396 e. The lowest BCUT2D eigenvalue weighted by atomic mass is 9.77. The Bertz CT molecular complexity index is 800. The van der Waals surface area contributed by atoms with E-state index in [1.54, 1.807) is 6.20 Å². The van der Waals surface area contributed by atoms with Crippen LogP contribution in [0.5, 0.6) is 0 Å². The van der Waals surface area contributed by atoms with E-state index < -0.39 is 0 Å². The van der Waals surface area contributed by atoms with Gasteiger partial charge >= 0.3 is 0 Å². The smallest absolute Gasteiger partial charge is 0.158 e. The van der Waals surface area contributed by atoms with Gasteiger partial charge in [-0.1, -0.05) is 0 Å². The maximum Gasteiger partial charge on any atom is 0.158 e. The number of nitrogens with zero attached hydrogens (tertiary/aromatic N) is 5. The monoisotopic (exact) mass is 336 g/mol. The van der Waals surface area contributed by atoms with Crippen LogP contribution in [0.1, 0.15) is 25.0 Å². The number of nitrogens with two attached hydrogens (primary N) is 1. The molecule has 1 aliphatic carbocycles. The zero-order valence-corrected chi connectivity index (χ0v) is 14.0. The molecule has 0 aromatic carbocycles. The highest BCUT2D eigenvalue weighted by Crippen LogP contribution is 2.38. The number of fused-ring (bicyclic) bond motifs is 2. The first-order valence-corrected chi connectivity index (χ1v) is 8.35. The zero-order chi connectivity index (χ0) is 17.4. The van der Waals surface area contributed by atoms with E-state index in [-0.39, 0.29) is 5.69 Å². The molecule has 2 aromatic rings. The number of pyridine rings is 1. The van der Waals surface area contributed by atoms with Crippen LogP contribution in [0, 0.1) is 11.3 Å². The number of aromatic nitrogens is 3. The molecular weight excluding hydrogens is 316 g/mol. The van der Waals surface area contributed by atoms with Crippen LogP contribution in [-0.2, 0) is 0 Å². The van der Waals surface area contributed by atoms with Crippen molar-refractivity contribution in [1.29, 1.82) is 5.26 Å². The van der Waals surface area contributed by atoms with Crippen molar-refractivity contribution in [3.05, 3.63) is 30.4 Å². The van der Waals surface area contributed by atoms with Gasteiger partial charge in [0.15, 0.2) is 5.69 Å². The van der Waals surface area contributed by atoms with Gasteiger partial charge in [0.2, 0.25) is 0 Å². The summed E-state index contributed by atoms with van der Waals surface area (Å²) < 4.78 is 0. The van der Waals surface area contributed by atoms with Gasteiger partial charge in [-0.2, -0.15) is 5.26 Å². The normalized spacial score (nSPS) is 24.9. The van der Waals surface area contributed by atoms with Gasteiger partial charge in [0.25, 0.3) is 0 Å². The van der Waals surface area contributed by atoms with Crippen LogP contribution in [0.15, 0.2) is 24.7 Å². The van der Waals surface area contributed by atoms with Crippen LogP contribution in [0.3, 0.4) is 0 Å². The van der Waals surface area contributed by atoms with Gasteiger partial charge in [-0.15, -0.1) is 0 Å². The second kappa shape index (κ2) is 6.18. The Kier molecular flexibility index (Phi) is 3.86. The molecule has 2 unspecified atom stereocenters. The van der Waals surface area contributed by atoms with E-state index in [1.165, 1.54) is 18.8 Å². The average molecular weight is 336 g/mol. The van der Waals surface area contributed by atoms with Gasteiger partial charge in [0, 0.05) is 24.2 Å². The molecule has 8 heteroatoms. The molecule has 5 rings (SSSR count). The summed E-state index contributed by atoms with van der Waals surface area (Å²) in [6.45, 7) is 0. The Morgan fingerprint density at radius 1 is 1.12 bits per heavy atom. The SMILES string of the molecule is CN1C2CC(Nc3cc(Nc4cnc(C#N)cn4)ncc3N)CC1C2. The van der Waals surface area contributed by atoms with Gasteiger partial charge in [-0.05, 0) is 26.3 Å². The van der Waals surface area contributed by atoms with Crippen molar-refractivity contribution in [3.63, 3.8) is 0 Å². The lowest BCUT2D eigenvalue weighted by Crippen LogP contribution is -2.61. The van der Waals surface area contributed by atoms with Gasteiger partial charge < -0.3 is 21.3 Å². The van der Waals surface area contributed by atoms with Crippen molar-refractivity contribution < 1.29 is 0 Å². The lowest BCUT2D eigenvalue weighted by molar-refractivity contribution is -0.00791. The van der Waals surface area contributed by atoms with Crippen molar-refractivity contribution in [2.24, 2.45) is 0 Å². The summed E-state index contributed by atoms with van der Waals surface area (Å²) in [7, 11) is 2.20. The molecule has 4 N–H and O–H groups in total. The minimum atomic E-state index is 0.277. The molecule has 0 radical (unpaired) electrons. The minimum Gasteiger partial charge on any atom is -0.396 e. The summed E-state index contributed by atoms with van der Waals surface area (Å²) in [6.07, 6.45) is 8.15. The van der Waals surface area contributed by atoms with Crippen LogP contribution in [-0.4, -0.2) is 45.0 Å². The van der Waals surface area contributed by atoms with Crippen LogP contribution >= 0.6 is 0 Å². The second-order valence-electron chi connectivity index (χ2n) is 6.70. The molecule has 3 aliphatic rings. The first-order valence-electron chi connectivity index (χ1n) is 8.35. The molecule has 0 amide bonds. The molecule has 0 spiro atoms. The second-order valence-corrected chi connectivity index (χ2v) is 6.70. The highest BCUT2D eigenvalue weighted by atomic mass is 15.2. The van der Waals surface area contributed by atoms with Gasteiger partial charge in [0.05, 0.1) is 30.0 Å². The average Bonchev–Trinajstić information content (AvgIpc) is 2.65. The number of nitrogens with one attached hydrogen (secondary N) is 2. The third-order valence-electron chi connectivity index (χ3n) is 5.13. The highest BCUT2D eigenvalue weighted by molar-refractivity contribution is 5.70. The van der Waals surface area contributed by atoms with Crippen molar-refractivity contribution in [2.45, 2.75) is 37.4 Å². The van der Waals surface area contributed by atoms with E-state index in [9.17, 15) is 0 Å². The minimum absolute atomic E-state index is 0.277. The summed E-state index contributed by atoms with van der Waals surface area (Å²) >= 11 is 0. The fourth-order valence-corrected chi connectivity index (χ4v) is 3.66. The zero-order valence-electron chi connectivity index (χ0n) is 14.0. The van der Waals surface area contributed by atoms with E-state index in [1.807, 2.05) is 12.1 Å². The summed E-state index contributed by atoms with van der Waals surface area (Å²) in [6, 6.07) is 5.64. The number of nitriles is 1. The number of hydrogen-bond acceptors (Lipinski definition) is 8. The van der Waals surface area contributed by atoms with Crippen molar-refractivity contribution in [3.8, 4) is 6.07 Å². The topological polar surface area (TPSA) is 116 Å². The third kappa shape index (κ3) is 3.06. The molecule has 2 aromatic heterocycles. The Labute approximate surface area is 146 Å². The Balaban J connectivity index is 1.46. The Morgan fingerprint density at radius 3 is 2.52 bits per heavy atom. The number of rotatable bonds is 4. The Morgan fingerprint density at radius 2 is 1.88 bits per heavy atom. The molecule has 25 heavy (non-hydrogen) atoms. The van der Waals surface area contributed by atoms with Crippen LogP contribution in [0.4, 0.5) is 23.0 Å². The quantitative estimate of drug-likeness (QED) is 0.773. The van der Waals surface area contributed by atoms with E-state index in [0.29, 0.717) is 35.4 Å². The first-order chi connectivity index (χ1) is 12.1. The molecule has 2 saturated heterocycles. The summed E-state index contributed by atoms with van der Waals surface area (Å²) in [5, 5.41) is 15.4.